The van der Waals surface area contributed by atoms with Gasteiger partial charge in [-0.1, -0.05) is 73.7 Å². The maximum Gasteiger partial charge on any atom is 0.264 e. The van der Waals surface area contributed by atoms with E-state index >= 15 is 4.79 Å². The minimum Gasteiger partial charge on any atom is -0.497 e. The van der Waals surface area contributed by atoms with Crippen LogP contribution in [0.2, 0.25) is 18.6 Å². The van der Waals surface area contributed by atoms with E-state index in [-0.39, 0.29) is 42.3 Å². The van der Waals surface area contributed by atoms with Crippen LogP contribution < -0.4 is 14.8 Å². The number of rotatable bonds is 8. The van der Waals surface area contributed by atoms with Crippen LogP contribution in [0.4, 0.5) is 5.69 Å². The van der Waals surface area contributed by atoms with Crippen molar-refractivity contribution >= 4 is 75.9 Å². The van der Waals surface area contributed by atoms with E-state index in [0.717, 1.165) is 35.3 Å². The molecule has 0 unspecified atom stereocenters. The highest BCUT2D eigenvalue weighted by atomic mass is 127. The fourth-order valence-corrected chi connectivity index (χ4v) is 13.9. The van der Waals surface area contributed by atoms with Crippen LogP contribution in [0, 0.1) is 13.1 Å². The van der Waals surface area contributed by atoms with Crippen LogP contribution in [0.5, 0.6) is 5.75 Å². The van der Waals surface area contributed by atoms with Crippen molar-refractivity contribution in [3.8, 4) is 5.75 Å². The van der Waals surface area contributed by atoms with E-state index in [9.17, 15) is 9.90 Å². The van der Waals surface area contributed by atoms with Crippen molar-refractivity contribution in [2.75, 3.05) is 18.6 Å². The Morgan fingerprint density at radius 2 is 1.70 bits per heavy atom. The van der Waals surface area contributed by atoms with Gasteiger partial charge in [0.2, 0.25) is 5.91 Å². The first-order valence-electron chi connectivity index (χ1n) is 17.1. The van der Waals surface area contributed by atoms with Crippen LogP contribution >= 0.6 is 45.2 Å². The number of hydrogen-bond acceptors (Lipinski definition) is 5. The number of amides is 2. The lowest BCUT2D eigenvalue weighted by molar-refractivity contribution is -0.151. The Hall–Kier alpha value is -2.78. The molecule has 0 aliphatic carbocycles. The summed E-state index contributed by atoms with van der Waals surface area (Å²) in [6.45, 7) is 7.60. The Bertz CT molecular complexity index is 1940. The van der Waals surface area contributed by atoms with Crippen molar-refractivity contribution < 1.29 is 24.2 Å². The highest BCUT2D eigenvalue weighted by Gasteiger charge is 2.66. The van der Waals surface area contributed by atoms with Gasteiger partial charge in [-0.25, -0.2) is 0 Å². The van der Waals surface area contributed by atoms with Gasteiger partial charge in [0.25, 0.3) is 5.91 Å². The quantitative estimate of drug-likeness (QED) is 0.152. The highest BCUT2D eigenvalue weighted by molar-refractivity contribution is 14.1. The minimum absolute atomic E-state index is 0.0543. The highest BCUT2D eigenvalue weighted by Crippen LogP contribution is 2.60. The molecular formula is C40H42I2N2O5Si. The van der Waals surface area contributed by atoms with Crippen molar-refractivity contribution in [1.82, 2.24) is 4.90 Å². The number of carbonyl (C=O) groups is 2. The minimum atomic E-state index is -2.44. The number of carbonyl (C=O) groups excluding carboxylic acids is 2. The van der Waals surface area contributed by atoms with E-state index in [4.69, 9.17) is 9.47 Å². The largest absolute Gasteiger partial charge is 0.497 e. The number of fused-ring (bicyclic) bond motifs is 3. The van der Waals surface area contributed by atoms with Gasteiger partial charge in [0.1, 0.15) is 5.75 Å². The number of halogens is 2. The van der Waals surface area contributed by atoms with Gasteiger partial charge in [-0.15, -0.1) is 0 Å². The molecule has 1 spiro atoms. The molecule has 5 atom stereocenters. The van der Waals surface area contributed by atoms with Crippen molar-refractivity contribution in [1.29, 1.82) is 0 Å². The van der Waals surface area contributed by atoms with Crippen molar-refractivity contribution in [2.24, 2.45) is 5.92 Å². The van der Waals surface area contributed by atoms with Crippen LogP contribution in [0.25, 0.3) is 0 Å². The standard InChI is InChI=1S/C40H42I2N2O5Si/c1-25-38(50(3,4)33-15-13-32(48-2)14-16-33)36(21-37(46)43-23-28-10-6-5-9-27(28)19-31(43)24-45)49-40(25)34-20-30(42)12-17-35(34)44(39(40)47)22-26-8-7-11-29(41)18-26/h5-18,20,25,31,36,38,45H,19,21-24H2,1-4H3/t25-,31-,36+,38-,40+/m0/s1. The maximum absolute atomic E-state index is 15.1. The van der Waals surface area contributed by atoms with Crippen LogP contribution in [0.1, 0.15) is 35.6 Å². The molecule has 260 valence electrons. The Morgan fingerprint density at radius 1 is 0.980 bits per heavy atom. The molecule has 7 nitrogen and oxygen atoms in total. The first-order chi connectivity index (χ1) is 24.0. The van der Waals surface area contributed by atoms with Gasteiger partial charge in [0, 0.05) is 25.2 Å². The van der Waals surface area contributed by atoms with Crippen molar-refractivity contribution in [3.05, 3.63) is 120 Å². The monoisotopic (exact) mass is 912 g/mol. The van der Waals surface area contributed by atoms with Crippen molar-refractivity contribution in [3.63, 3.8) is 0 Å². The van der Waals surface area contributed by atoms with Gasteiger partial charge >= 0.3 is 0 Å². The van der Waals surface area contributed by atoms with Gasteiger partial charge in [-0.3, -0.25) is 9.59 Å². The molecule has 4 aromatic rings. The molecule has 1 fully saturated rings. The predicted octanol–water partition coefficient (Wildman–Crippen LogP) is 7.00. The molecule has 1 saturated heterocycles. The zero-order valence-electron chi connectivity index (χ0n) is 28.7. The molecule has 0 aromatic heterocycles. The average Bonchev–Trinajstić information content (AvgIpc) is 3.53. The van der Waals surface area contributed by atoms with E-state index < -0.39 is 19.8 Å². The molecule has 0 saturated carbocycles. The molecule has 0 bridgehead atoms. The molecule has 3 heterocycles. The number of nitrogens with zero attached hydrogens (tertiary/aromatic N) is 2. The SMILES string of the molecule is COc1ccc([Si](C)(C)[C@@H]2[C@@H](CC(=O)N3Cc4ccccc4C[C@H]3CO)O[C@]3(C(=O)N(Cc4cccc(I)c4)c4ccc(I)cc43)[C@H]2C)cc1. The summed E-state index contributed by atoms with van der Waals surface area (Å²) >= 11 is 4.63. The first-order valence-corrected chi connectivity index (χ1v) is 22.4. The van der Waals surface area contributed by atoms with Gasteiger partial charge in [-0.2, -0.15) is 0 Å². The number of methoxy groups -OCH3 is 1. The number of ether oxygens (including phenoxy) is 2. The van der Waals surface area contributed by atoms with Gasteiger partial charge in [-0.05, 0) is 116 Å². The summed E-state index contributed by atoms with van der Waals surface area (Å²) in [5.74, 6) is 0.450. The molecule has 0 radical (unpaired) electrons. The van der Waals surface area contributed by atoms with Gasteiger partial charge in [0.15, 0.2) is 5.60 Å². The van der Waals surface area contributed by atoms with E-state index in [1.165, 1.54) is 10.8 Å². The third kappa shape index (κ3) is 6.12. The summed E-state index contributed by atoms with van der Waals surface area (Å²) in [5, 5.41) is 11.7. The van der Waals surface area contributed by atoms with Crippen LogP contribution in [0.15, 0.2) is 91.0 Å². The summed E-state index contributed by atoms with van der Waals surface area (Å²) in [6.07, 6.45) is 0.230. The fraction of sp³-hybridized carbons (Fsp3) is 0.350. The zero-order valence-corrected chi connectivity index (χ0v) is 34.1. The molecule has 4 aromatic carbocycles. The molecule has 50 heavy (non-hydrogen) atoms. The molecule has 10 heteroatoms. The second kappa shape index (κ2) is 14.0. The number of anilines is 1. The lowest BCUT2D eigenvalue weighted by Gasteiger charge is -2.39. The second-order valence-corrected chi connectivity index (χ2v) is 21.6. The number of benzene rings is 4. The lowest BCUT2D eigenvalue weighted by Crippen LogP contribution is -2.52. The number of hydrogen-bond donors (Lipinski definition) is 1. The normalized spacial score (nSPS) is 24.4. The van der Waals surface area contributed by atoms with Gasteiger partial charge in [0.05, 0.1) is 52.6 Å². The zero-order chi connectivity index (χ0) is 35.4. The van der Waals surface area contributed by atoms with E-state index in [0.29, 0.717) is 19.5 Å². The van der Waals surface area contributed by atoms with Crippen LogP contribution in [-0.4, -0.2) is 55.8 Å². The molecule has 1 N–H and O–H groups in total. The fourth-order valence-electron chi connectivity index (χ4n) is 8.79. The Labute approximate surface area is 322 Å². The average molecular weight is 913 g/mol. The molecule has 3 aliphatic heterocycles. The van der Waals surface area contributed by atoms with Crippen molar-refractivity contribution in [2.45, 2.75) is 69.2 Å². The molecule has 2 amide bonds. The third-order valence-electron chi connectivity index (χ3n) is 11.3. The number of aliphatic hydroxyl groups is 1. The summed E-state index contributed by atoms with van der Waals surface area (Å²) in [5.41, 5.74) is 3.76. The molecular weight excluding hydrogens is 870 g/mol. The predicted molar refractivity (Wildman–Crippen MR) is 215 cm³/mol. The third-order valence-corrected chi connectivity index (χ3v) is 17.0. The Morgan fingerprint density at radius 3 is 2.40 bits per heavy atom. The lowest BCUT2D eigenvalue weighted by atomic mass is 9.82. The van der Waals surface area contributed by atoms with Gasteiger partial charge < -0.3 is 24.4 Å². The van der Waals surface area contributed by atoms with E-state index in [1.54, 1.807) is 7.11 Å². The van der Waals surface area contributed by atoms with E-state index in [1.807, 2.05) is 52.3 Å². The Kier molecular flexibility index (Phi) is 9.96. The maximum atomic E-state index is 15.1. The van der Waals surface area contributed by atoms with E-state index in [2.05, 4.69) is 114 Å². The first kappa shape index (κ1) is 35.6. The number of aliphatic hydroxyl groups excluding tert-OH is 1. The molecule has 7 rings (SSSR count). The Balaban J connectivity index is 1.31. The summed E-state index contributed by atoms with van der Waals surface area (Å²) in [4.78, 5) is 33.3. The smallest absolute Gasteiger partial charge is 0.264 e. The topological polar surface area (TPSA) is 79.3 Å². The van der Waals surface area contributed by atoms with Crippen LogP contribution in [-0.2, 0) is 39.4 Å². The van der Waals surface area contributed by atoms with Crippen LogP contribution in [0.3, 0.4) is 0 Å². The summed E-state index contributed by atoms with van der Waals surface area (Å²) in [7, 11) is -0.776. The molecule has 3 aliphatic rings. The summed E-state index contributed by atoms with van der Waals surface area (Å²) in [6, 6.07) is 30.6. The second-order valence-electron chi connectivity index (χ2n) is 14.4. The summed E-state index contributed by atoms with van der Waals surface area (Å²) < 4.78 is 14.9.